The third-order valence-electron chi connectivity index (χ3n) is 3.40. The van der Waals surface area contributed by atoms with Crippen molar-refractivity contribution in [2.24, 2.45) is 0 Å². The summed E-state index contributed by atoms with van der Waals surface area (Å²) in [4.78, 5) is 23.5. The maximum absolute atomic E-state index is 12.6. The molecular formula is C18H16F3NO4. The van der Waals surface area contributed by atoms with Gasteiger partial charge in [0.25, 0.3) is 5.91 Å². The van der Waals surface area contributed by atoms with Crippen molar-refractivity contribution in [1.82, 2.24) is 5.32 Å². The van der Waals surface area contributed by atoms with E-state index in [1.165, 1.54) is 31.4 Å². The van der Waals surface area contributed by atoms with Gasteiger partial charge >= 0.3 is 12.1 Å². The summed E-state index contributed by atoms with van der Waals surface area (Å²) < 4.78 is 47.7. The lowest BCUT2D eigenvalue weighted by atomic mass is 10.1. The van der Waals surface area contributed by atoms with Crippen LogP contribution in [-0.4, -0.2) is 25.5 Å². The SMILES string of the molecule is COc1ccc(C(=O)NCC(=O)OCc2cccc(C(F)(F)F)c2)cc1. The second-order valence-electron chi connectivity index (χ2n) is 5.27. The molecule has 8 heteroatoms. The fourth-order valence-corrected chi connectivity index (χ4v) is 2.05. The zero-order valence-corrected chi connectivity index (χ0v) is 13.8. The molecule has 0 aliphatic carbocycles. The topological polar surface area (TPSA) is 64.6 Å². The number of rotatable bonds is 6. The van der Waals surface area contributed by atoms with E-state index in [-0.39, 0.29) is 12.2 Å². The van der Waals surface area contributed by atoms with Crippen LogP contribution in [-0.2, 0) is 22.3 Å². The second-order valence-corrected chi connectivity index (χ2v) is 5.27. The van der Waals surface area contributed by atoms with Gasteiger partial charge < -0.3 is 14.8 Å². The predicted octanol–water partition coefficient (Wildman–Crippen LogP) is 3.19. The van der Waals surface area contributed by atoms with Crippen molar-refractivity contribution in [2.75, 3.05) is 13.7 Å². The van der Waals surface area contributed by atoms with Crippen LogP contribution in [0.5, 0.6) is 5.75 Å². The van der Waals surface area contributed by atoms with Crippen LogP contribution >= 0.6 is 0 Å². The van der Waals surface area contributed by atoms with Crippen LogP contribution in [0.15, 0.2) is 48.5 Å². The van der Waals surface area contributed by atoms with Crippen molar-refractivity contribution in [3.8, 4) is 5.75 Å². The molecule has 0 spiro atoms. The van der Waals surface area contributed by atoms with Crippen molar-refractivity contribution in [2.45, 2.75) is 12.8 Å². The van der Waals surface area contributed by atoms with Crippen molar-refractivity contribution in [1.29, 1.82) is 0 Å². The van der Waals surface area contributed by atoms with Gasteiger partial charge in [-0.1, -0.05) is 12.1 Å². The van der Waals surface area contributed by atoms with Gasteiger partial charge in [0, 0.05) is 5.56 Å². The lowest BCUT2D eigenvalue weighted by Crippen LogP contribution is -2.30. The lowest BCUT2D eigenvalue weighted by Gasteiger charge is -2.10. The number of nitrogens with one attached hydrogen (secondary N) is 1. The van der Waals surface area contributed by atoms with E-state index in [1.807, 2.05) is 0 Å². The first-order valence-corrected chi connectivity index (χ1v) is 7.53. The Morgan fingerprint density at radius 2 is 1.77 bits per heavy atom. The van der Waals surface area contributed by atoms with E-state index >= 15 is 0 Å². The van der Waals surface area contributed by atoms with Gasteiger partial charge in [0.05, 0.1) is 12.7 Å². The minimum atomic E-state index is -4.47. The number of alkyl halides is 3. The van der Waals surface area contributed by atoms with Crippen LogP contribution in [0.25, 0.3) is 0 Å². The summed E-state index contributed by atoms with van der Waals surface area (Å²) in [6.07, 6.45) is -4.47. The van der Waals surface area contributed by atoms with Gasteiger partial charge in [0.2, 0.25) is 0 Å². The number of hydrogen-bond acceptors (Lipinski definition) is 4. The normalized spacial score (nSPS) is 10.9. The van der Waals surface area contributed by atoms with Gasteiger partial charge in [0.15, 0.2) is 0 Å². The molecule has 26 heavy (non-hydrogen) atoms. The Kier molecular flexibility index (Phi) is 6.21. The third kappa shape index (κ3) is 5.51. The molecule has 0 saturated carbocycles. The summed E-state index contributed by atoms with van der Waals surface area (Å²) >= 11 is 0. The third-order valence-corrected chi connectivity index (χ3v) is 3.40. The lowest BCUT2D eigenvalue weighted by molar-refractivity contribution is -0.143. The number of carbonyl (C=O) groups excluding carboxylic acids is 2. The number of ether oxygens (including phenoxy) is 2. The zero-order chi connectivity index (χ0) is 19.2. The number of carbonyl (C=O) groups is 2. The molecule has 0 aliphatic heterocycles. The Balaban J connectivity index is 1.82. The van der Waals surface area contributed by atoms with Crippen LogP contribution in [0.3, 0.4) is 0 Å². The molecule has 1 amide bonds. The Bertz CT molecular complexity index is 773. The molecule has 1 N–H and O–H groups in total. The molecule has 0 radical (unpaired) electrons. The first-order chi connectivity index (χ1) is 12.3. The molecule has 138 valence electrons. The number of halogens is 3. The summed E-state index contributed by atoms with van der Waals surface area (Å²) in [5, 5.41) is 2.37. The maximum Gasteiger partial charge on any atom is 0.416 e. The molecule has 0 saturated heterocycles. The summed E-state index contributed by atoms with van der Waals surface area (Å²) in [7, 11) is 1.50. The van der Waals surface area contributed by atoms with E-state index in [9.17, 15) is 22.8 Å². The second kappa shape index (κ2) is 8.37. The first kappa shape index (κ1) is 19.3. The van der Waals surface area contributed by atoms with E-state index in [0.29, 0.717) is 11.3 Å². The molecule has 0 fully saturated rings. The van der Waals surface area contributed by atoms with E-state index in [1.54, 1.807) is 12.1 Å². The monoisotopic (exact) mass is 367 g/mol. The highest BCUT2D eigenvalue weighted by molar-refractivity contribution is 5.96. The molecule has 0 unspecified atom stereocenters. The van der Waals surface area contributed by atoms with Crippen LogP contribution in [0.4, 0.5) is 13.2 Å². The maximum atomic E-state index is 12.6. The number of esters is 1. The van der Waals surface area contributed by atoms with Gasteiger partial charge in [-0.3, -0.25) is 9.59 Å². The summed E-state index contributed by atoms with van der Waals surface area (Å²) in [6, 6.07) is 10.7. The van der Waals surface area contributed by atoms with Gasteiger partial charge in [0.1, 0.15) is 18.9 Å². The molecule has 0 aliphatic rings. The smallest absolute Gasteiger partial charge is 0.416 e. The number of methoxy groups -OCH3 is 1. The van der Waals surface area contributed by atoms with E-state index in [0.717, 1.165) is 12.1 Å². The van der Waals surface area contributed by atoms with Gasteiger partial charge in [-0.25, -0.2) is 0 Å². The van der Waals surface area contributed by atoms with Crippen molar-refractivity contribution in [3.63, 3.8) is 0 Å². The zero-order valence-electron chi connectivity index (χ0n) is 13.8. The number of benzene rings is 2. The van der Waals surface area contributed by atoms with Crippen LogP contribution in [0, 0.1) is 0 Å². The Hall–Kier alpha value is -3.03. The molecule has 0 aromatic heterocycles. The number of hydrogen-bond donors (Lipinski definition) is 1. The highest BCUT2D eigenvalue weighted by atomic mass is 19.4. The van der Waals surface area contributed by atoms with Crippen molar-refractivity contribution in [3.05, 3.63) is 65.2 Å². The van der Waals surface area contributed by atoms with E-state index < -0.39 is 30.2 Å². The quantitative estimate of drug-likeness (QED) is 0.797. The molecule has 2 aromatic carbocycles. The van der Waals surface area contributed by atoms with Gasteiger partial charge in [-0.2, -0.15) is 13.2 Å². The molecule has 5 nitrogen and oxygen atoms in total. The molecule has 2 aromatic rings. The number of amides is 1. The fraction of sp³-hybridized carbons (Fsp3) is 0.222. The van der Waals surface area contributed by atoms with Crippen molar-refractivity contribution >= 4 is 11.9 Å². The Labute approximate surface area is 147 Å². The van der Waals surface area contributed by atoms with Gasteiger partial charge in [-0.05, 0) is 42.0 Å². The summed E-state index contributed by atoms with van der Waals surface area (Å²) in [6.45, 7) is -0.717. The first-order valence-electron chi connectivity index (χ1n) is 7.53. The Morgan fingerprint density at radius 3 is 2.38 bits per heavy atom. The Morgan fingerprint density at radius 1 is 1.08 bits per heavy atom. The van der Waals surface area contributed by atoms with Gasteiger partial charge in [-0.15, -0.1) is 0 Å². The van der Waals surface area contributed by atoms with E-state index in [4.69, 9.17) is 9.47 Å². The van der Waals surface area contributed by atoms with Crippen molar-refractivity contribution < 1.29 is 32.2 Å². The largest absolute Gasteiger partial charge is 0.497 e. The highest BCUT2D eigenvalue weighted by Gasteiger charge is 2.30. The van der Waals surface area contributed by atoms with Crippen LogP contribution in [0.2, 0.25) is 0 Å². The summed E-state index contributed by atoms with van der Waals surface area (Å²) in [5.41, 5.74) is -0.287. The van der Waals surface area contributed by atoms with Crippen LogP contribution < -0.4 is 10.1 Å². The highest BCUT2D eigenvalue weighted by Crippen LogP contribution is 2.29. The minimum absolute atomic E-state index is 0.203. The van der Waals surface area contributed by atoms with E-state index in [2.05, 4.69) is 5.32 Å². The molecule has 2 rings (SSSR count). The standard InChI is InChI=1S/C18H16F3NO4/c1-25-15-7-5-13(6-8-15)17(24)22-10-16(23)26-11-12-3-2-4-14(9-12)18(19,20)21/h2-9H,10-11H2,1H3,(H,22,24). The fourth-order valence-electron chi connectivity index (χ4n) is 2.05. The summed E-state index contributed by atoms with van der Waals surface area (Å²) in [5.74, 6) is -0.657. The minimum Gasteiger partial charge on any atom is -0.497 e. The average Bonchev–Trinajstić information content (AvgIpc) is 2.64. The van der Waals surface area contributed by atoms with Crippen LogP contribution in [0.1, 0.15) is 21.5 Å². The molecule has 0 heterocycles. The molecule has 0 atom stereocenters. The predicted molar refractivity (Wildman–Crippen MR) is 86.6 cm³/mol. The molecule has 0 bridgehead atoms. The molecular weight excluding hydrogens is 351 g/mol. The average molecular weight is 367 g/mol.